The Labute approximate surface area is 199 Å². The molecule has 0 radical (unpaired) electrons. The number of amides is 2. The van der Waals surface area contributed by atoms with Crippen molar-refractivity contribution in [2.24, 2.45) is 0 Å². The predicted octanol–water partition coefficient (Wildman–Crippen LogP) is 3.50. The molecule has 0 aromatic heterocycles. The standard InChI is InChI=1S/C23H29ClFN3O4S/c1-16-19(24)10-7-12-21(16)28(33(4,31)32)14-8-13-22(29)27(17(2)23(30)26-3)15-18-9-5-6-11-20(18)25/h5-7,9-12,17H,8,13-15H2,1-4H3,(H,26,30). The number of sulfonamides is 1. The lowest BCUT2D eigenvalue weighted by atomic mass is 10.1. The normalized spacial score (nSPS) is 12.2. The summed E-state index contributed by atoms with van der Waals surface area (Å²) in [5.41, 5.74) is 1.35. The van der Waals surface area contributed by atoms with Crippen molar-refractivity contribution >= 4 is 39.1 Å². The lowest BCUT2D eigenvalue weighted by molar-refractivity contribution is -0.140. The topological polar surface area (TPSA) is 86.8 Å². The van der Waals surface area contributed by atoms with E-state index in [9.17, 15) is 22.4 Å². The molecule has 0 aliphatic carbocycles. The van der Waals surface area contributed by atoms with Crippen LogP contribution < -0.4 is 9.62 Å². The third-order valence-electron chi connectivity index (χ3n) is 5.37. The van der Waals surface area contributed by atoms with E-state index in [1.54, 1.807) is 50.2 Å². The second-order valence-corrected chi connectivity index (χ2v) is 10.0. The molecule has 1 atom stereocenters. The van der Waals surface area contributed by atoms with Crippen LogP contribution in [-0.2, 0) is 26.2 Å². The highest BCUT2D eigenvalue weighted by atomic mass is 35.5. The van der Waals surface area contributed by atoms with Crippen molar-refractivity contribution in [3.05, 3.63) is 64.4 Å². The van der Waals surface area contributed by atoms with Gasteiger partial charge in [-0.15, -0.1) is 0 Å². The van der Waals surface area contributed by atoms with Gasteiger partial charge in [0, 0.05) is 37.1 Å². The first-order valence-electron chi connectivity index (χ1n) is 10.4. The second-order valence-electron chi connectivity index (χ2n) is 7.73. The molecule has 0 saturated heterocycles. The quantitative estimate of drug-likeness (QED) is 0.544. The number of nitrogens with zero attached hydrogens (tertiary/aromatic N) is 2. The van der Waals surface area contributed by atoms with Crippen LogP contribution in [0.15, 0.2) is 42.5 Å². The summed E-state index contributed by atoms with van der Waals surface area (Å²) in [7, 11) is -2.17. The number of carbonyl (C=O) groups is 2. The first kappa shape index (κ1) is 26.6. The van der Waals surface area contributed by atoms with Gasteiger partial charge >= 0.3 is 0 Å². The van der Waals surface area contributed by atoms with Crippen LogP contribution in [0.5, 0.6) is 0 Å². The Bertz CT molecular complexity index is 1110. The number of carbonyl (C=O) groups excluding carboxylic acids is 2. The minimum atomic E-state index is -3.63. The molecule has 0 fully saturated rings. The molecule has 2 aromatic carbocycles. The van der Waals surface area contributed by atoms with Crippen molar-refractivity contribution in [2.45, 2.75) is 39.3 Å². The van der Waals surface area contributed by atoms with E-state index in [4.69, 9.17) is 11.6 Å². The van der Waals surface area contributed by atoms with E-state index in [2.05, 4.69) is 5.32 Å². The number of halogens is 2. The van der Waals surface area contributed by atoms with Crippen molar-refractivity contribution in [1.82, 2.24) is 10.2 Å². The van der Waals surface area contributed by atoms with Crippen LogP contribution in [0.1, 0.15) is 30.9 Å². The highest BCUT2D eigenvalue weighted by Gasteiger charge is 2.27. The Balaban J connectivity index is 2.19. The maximum absolute atomic E-state index is 14.2. The molecular weight excluding hydrogens is 469 g/mol. The molecule has 0 aliphatic rings. The van der Waals surface area contributed by atoms with Crippen LogP contribution in [-0.4, -0.2) is 51.0 Å². The van der Waals surface area contributed by atoms with Gasteiger partial charge in [0.2, 0.25) is 21.8 Å². The minimum Gasteiger partial charge on any atom is -0.357 e. The monoisotopic (exact) mass is 497 g/mol. The molecule has 2 rings (SSSR count). The van der Waals surface area contributed by atoms with E-state index in [1.807, 2.05) is 0 Å². The van der Waals surface area contributed by atoms with E-state index in [0.29, 0.717) is 16.3 Å². The summed E-state index contributed by atoms with van der Waals surface area (Å²) < 4.78 is 40.2. The molecule has 33 heavy (non-hydrogen) atoms. The SMILES string of the molecule is CNC(=O)C(C)N(Cc1ccccc1F)C(=O)CCCN(c1cccc(Cl)c1C)S(C)(=O)=O. The van der Waals surface area contributed by atoms with Crippen LogP contribution in [0.3, 0.4) is 0 Å². The third-order valence-corrected chi connectivity index (χ3v) is 6.96. The third kappa shape index (κ3) is 6.91. The molecule has 2 amide bonds. The van der Waals surface area contributed by atoms with Gasteiger partial charge in [0.1, 0.15) is 11.9 Å². The Morgan fingerprint density at radius 3 is 2.42 bits per heavy atom. The van der Waals surface area contributed by atoms with Gasteiger partial charge < -0.3 is 10.2 Å². The zero-order chi connectivity index (χ0) is 24.8. The van der Waals surface area contributed by atoms with Crippen molar-refractivity contribution in [2.75, 3.05) is 24.2 Å². The number of likely N-dealkylation sites (N-methyl/N-ethyl adjacent to an activating group) is 1. The number of anilines is 1. The van der Waals surface area contributed by atoms with E-state index in [-0.39, 0.29) is 43.3 Å². The average molecular weight is 498 g/mol. The number of hydrogen-bond acceptors (Lipinski definition) is 4. The van der Waals surface area contributed by atoms with Crippen molar-refractivity contribution < 1.29 is 22.4 Å². The summed E-state index contributed by atoms with van der Waals surface area (Å²) in [4.78, 5) is 26.5. The highest BCUT2D eigenvalue weighted by molar-refractivity contribution is 7.92. The fourth-order valence-electron chi connectivity index (χ4n) is 3.45. The number of nitrogens with one attached hydrogen (secondary N) is 1. The van der Waals surface area contributed by atoms with Gasteiger partial charge in [-0.05, 0) is 44.0 Å². The Hall–Kier alpha value is -2.65. The lowest BCUT2D eigenvalue weighted by Gasteiger charge is -2.29. The van der Waals surface area contributed by atoms with Crippen LogP contribution in [0.4, 0.5) is 10.1 Å². The van der Waals surface area contributed by atoms with Crippen LogP contribution in [0, 0.1) is 12.7 Å². The van der Waals surface area contributed by atoms with Crippen molar-refractivity contribution in [3.63, 3.8) is 0 Å². The fraction of sp³-hybridized carbons (Fsp3) is 0.391. The fourth-order valence-corrected chi connectivity index (χ4v) is 4.64. The lowest BCUT2D eigenvalue weighted by Crippen LogP contribution is -2.47. The van der Waals surface area contributed by atoms with Gasteiger partial charge in [-0.25, -0.2) is 12.8 Å². The summed E-state index contributed by atoms with van der Waals surface area (Å²) in [5.74, 6) is -1.24. The van der Waals surface area contributed by atoms with Gasteiger partial charge in [0.15, 0.2) is 0 Å². The van der Waals surface area contributed by atoms with Gasteiger partial charge in [0.05, 0.1) is 11.9 Å². The predicted molar refractivity (Wildman–Crippen MR) is 128 cm³/mol. The summed E-state index contributed by atoms with van der Waals surface area (Å²) >= 11 is 6.15. The zero-order valence-electron chi connectivity index (χ0n) is 19.1. The average Bonchev–Trinajstić information content (AvgIpc) is 2.76. The molecule has 0 saturated carbocycles. The van der Waals surface area contributed by atoms with Crippen LogP contribution >= 0.6 is 11.6 Å². The highest BCUT2D eigenvalue weighted by Crippen LogP contribution is 2.28. The van der Waals surface area contributed by atoms with E-state index in [0.717, 1.165) is 6.26 Å². The number of rotatable bonds is 10. The summed E-state index contributed by atoms with van der Waals surface area (Å²) in [5, 5.41) is 2.94. The molecule has 0 heterocycles. The first-order chi connectivity index (χ1) is 15.5. The molecule has 1 unspecified atom stereocenters. The molecular formula is C23H29ClFN3O4S. The molecule has 0 aliphatic heterocycles. The van der Waals surface area contributed by atoms with Gasteiger partial charge in [-0.3, -0.25) is 13.9 Å². The van der Waals surface area contributed by atoms with Crippen molar-refractivity contribution in [3.8, 4) is 0 Å². The van der Waals surface area contributed by atoms with Gasteiger partial charge in [0.25, 0.3) is 0 Å². The number of hydrogen-bond donors (Lipinski definition) is 1. The molecule has 0 bridgehead atoms. The van der Waals surface area contributed by atoms with E-state index < -0.39 is 21.9 Å². The first-order valence-corrected chi connectivity index (χ1v) is 12.7. The maximum Gasteiger partial charge on any atom is 0.242 e. The zero-order valence-corrected chi connectivity index (χ0v) is 20.7. The summed E-state index contributed by atoms with van der Waals surface area (Å²) in [6.07, 6.45) is 1.26. The Kier molecular flexibility index (Phi) is 9.25. The molecule has 1 N–H and O–H groups in total. The number of benzene rings is 2. The summed E-state index contributed by atoms with van der Waals surface area (Å²) in [6.45, 7) is 3.26. The van der Waals surface area contributed by atoms with Gasteiger partial charge in [-0.1, -0.05) is 35.9 Å². The largest absolute Gasteiger partial charge is 0.357 e. The smallest absolute Gasteiger partial charge is 0.242 e. The van der Waals surface area contributed by atoms with Crippen LogP contribution in [0.2, 0.25) is 5.02 Å². The van der Waals surface area contributed by atoms with E-state index >= 15 is 0 Å². The second kappa shape index (κ2) is 11.5. The summed E-state index contributed by atoms with van der Waals surface area (Å²) in [6, 6.07) is 10.2. The molecule has 0 spiro atoms. The molecule has 7 nitrogen and oxygen atoms in total. The maximum atomic E-state index is 14.2. The molecule has 180 valence electrons. The van der Waals surface area contributed by atoms with Crippen molar-refractivity contribution in [1.29, 1.82) is 0 Å². The van der Waals surface area contributed by atoms with Crippen LogP contribution in [0.25, 0.3) is 0 Å². The minimum absolute atomic E-state index is 0.0264. The van der Waals surface area contributed by atoms with E-state index in [1.165, 1.54) is 22.3 Å². The Morgan fingerprint density at radius 1 is 1.15 bits per heavy atom. The molecule has 2 aromatic rings. The van der Waals surface area contributed by atoms with Gasteiger partial charge in [-0.2, -0.15) is 0 Å². The molecule has 10 heteroatoms. The Morgan fingerprint density at radius 2 is 1.82 bits per heavy atom.